The minimum Gasteiger partial charge on any atom is -0.337 e. The van der Waals surface area contributed by atoms with Crippen LogP contribution in [0.3, 0.4) is 0 Å². The summed E-state index contributed by atoms with van der Waals surface area (Å²) in [5.74, 6) is 0.532. The fourth-order valence-electron chi connectivity index (χ4n) is 2.19. The van der Waals surface area contributed by atoms with Crippen molar-refractivity contribution >= 4 is 0 Å². The number of benzene rings is 1. The molecular weight excluding hydrogens is 233 g/mol. The van der Waals surface area contributed by atoms with E-state index >= 15 is 0 Å². The molecular formula is C13H14FN3O. The van der Waals surface area contributed by atoms with Gasteiger partial charge in [0, 0.05) is 0 Å². The highest BCUT2D eigenvalue weighted by Crippen LogP contribution is 2.25. The molecule has 3 rings (SSSR count). The van der Waals surface area contributed by atoms with E-state index in [2.05, 4.69) is 15.5 Å². The molecule has 1 atom stereocenters. The second kappa shape index (κ2) is 4.86. The van der Waals surface area contributed by atoms with Crippen molar-refractivity contribution in [3.63, 3.8) is 0 Å². The number of rotatable bonds is 2. The Hall–Kier alpha value is -1.75. The third kappa shape index (κ3) is 2.13. The molecule has 94 valence electrons. The lowest BCUT2D eigenvalue weighted by Crippen LogP contribution is -2.26. The van der Waals surface area contributed by atoms with Crippen molar-refractivity contribution < 1.29 is 8.91 Å². The summed E-state index contributed by atoms with van der Waals surface area (Å²) >= 11 is 0. The lowest BCUT2D eigenvalue weighted by atomic mass is 10.1. The second-order valence-corrected chi connectivity index (χ2v) is 4.44. The number of hydrogen-bond donors (Lipinski definition) is 1. The molecule has 0 bridgehead atoms. The first-order valence-corrected chi connectivity index (χ1v) is 6.16. The van der Waals surface area contributed by atoms with E-state index < -0.39 is 0 Å². The Morgan fingerprint density at radius 1 is 1.28 bits per heavy atom. The molecule has 0 saturated carbocycles. The van der Waals surface area contributed by atoms with Crippen molar-refractivity contribution in [3.05, 3.63) is 36.0 Å². The normalized spacial score (nSPS) is 19.9. The topological polar surface area (TPSA) is 51.0 Å². The van der Waals surface area contributed by atoms with E-state index in [0.717, 1.165) is 19.4 Å². The zero-order valence-electron chi connectivity index (χ0n) is 9.90. The number of aromatic nitrogens is 2. The first kappa shape index (κ1) is 11.3. The summed E-state index contributed by atoms with van der Waals surface area (Å²) in [5.41, 5.74) is 0.378. The summed E-state index contributed by atoms with van der Waals surface area (Å²) in [6, 6.07) is 6.55. The van der Waals surface area contributed by atoms with Gasteiger partial charge in [-0.25, -0.2) is 4.39 Å². The number of hydrogen-bond acceptors (Lipinski definition) is 4. The molecule has 2 aromatic rings. The van der Waals surface area contributed by atoms with Crippen LogP contribution in [0.15, 0.2) is 28.8 Å². The van der Waals surface area contributed by atoms with Crippen molar-refractivity contribution in [2.75, 3.05) is 6.54 Å². The highest BCUT2D eigenvalue weighted by Gasteiger charge is 2.22. The molecule has 1 fully saturated rings. The molecule has 1 aromatic heterocycles. The summed E-state index contributed by atoms with van der Waals surface area (Å²) < 4.78 is 18.8. The van der Waals surface area contributed by atoms with Gasteiger partial charge in [0.05, 0.1) is 11.6 Å². The Labute approximate surface area is 104 Å². The maximum absolute atomic E-state index is 13.6. The van der Waals surface area contributed by atoms with Gasteiger partial charge in [0.25, 0.3) is 0 Å². The van der Waals surface area contributed by atoms with Crippen LogP contribution in [0.4, 0.5) is 4.39 Å². The van der Waals surface area contributed by atoms with Crippen LogP contribution >= 0.6 is 0 Å². The Kier molecular flexibility index (Phi) is 3.06. The van der Waals surface area contributed by atoms with E-state index in [9.17, 15) is 4.39 Å². The molecule has 4 nitrogen and oxygen atoms in total. The van der Waals surface area contributed by atoms with Gasteiger partial charge in [0.1, 0.15) is 5.82 Å². The summed E-state index contributed by atoms with van der Waals surface area (Å²) in [6.45, 7) is 0.960. The average Bonchev–Trinajstić information content (AvgIpc) is 2.90. The van der Waals surface area contributed by atoms with E-state index in [1.54, 1.807) is 18.2 Å². The zero-order valence-corrected chi connectivity index (χ0v) is 9.90. The Bertz CT molecular complexity index is 535. The van der Waals surface area contributed by atoms with Crippen molar-refractivity contribution in [3.8, 4) is 11.4 Å². The minimum atomic E-state index is -0.332. The Balaban J connectivity index is 1.87. The summed E-state index contributed by atoms with van der Waals surface area (Å²) in [4.78, 5) is 4.28. The van der Waals surface area contributed by atoms with Crippen LogP contribution in [0.25, 0.3) is 11.4 Å². The van der Waals surface area contributed by atoms with Crippen LogP contribution in [-0.4, -0.2) is 16.7 Å². The maximum Gasteiger partial charge on any atom is 0.244 e. The summed E-state index contributed by atoms with van der Waals surface area (Å²) in [7, 11) is 0. The molecule has 18 heavy (non-hydrogen) atoms. The Morgan fingerprint density at radius 2 is 2.17 bits per heavy atom. The third-order valence-corrected chi connectivity index (χ3v) is 3.16. The predicted molar refractivity (Wildman–Crippen MR) is 64.3 cm³/mol. The molecule has 0 aliphatic carbocycles. The predicted octanol–water partition coefficient (Wildman–Crippen LogP) is 2.69. The van der Waals surface area contributed by atoms with Crippen molar-refractivity contribution in [1.82, 2.24) is 15.5 Å². The van der Waals surface area contributed by atoms with Gasteiger partial charge in [-0.1, -0.05) is 23.7 Å². The van der Waals surface area contributed by atoms with Gasteiger partial charge in [-0.2, -0.15) is 4.98 Å². The van der Waals surface area contributed by atoms with Gasteiger partial charge in [-0.15, -0.1) is 0 Å². The lowest BCUT2D eigenvalue weighted by molar-refractivity contribution is 0.297. The van der Waals surface area contributed by atoms with Crippen LogP contribution in [0.2, 0.25) is 0 Å². The summed E-state index contributed by atoms with van der Waals surface area (Å²) in [6.07, 6.45) is 3.30. The van der Waals surface area contributed by atoms with Gasteiger partial charge in [-0.05, 0) is 31.5 Å². The molecule has 2 heterocycles. The van der Waals surface area contributed by atoms with Gasteiger partial charge in [0.15, 0.2) is 0 Å². The van der Waals surface area contributed by atoms with Crippen LogP contribution in [0.1, 0.15) is 31.2 Å². The smallest absolute Gasteiger partial charge is 0.244 e. The quantitative estimate of drug-likeness (QED) is 0.886. The van der Waals surface area contributed by atoms with E-state index in [1.165, 1.54) is 12.5 Å². The minimum absolute atomic E-state index is 0.103. The monoisotopic (exact) mass is 247 g/mol. The van der Waals surface area contributed by atoms with Gasteiger partial charge >= 0.3 is 0 Å². The fraction of sp³-hybridized carbons (Fsp3) is 0.385. The number of piperidine rings is 1. The molecule has 1 aliphatic heterocycles. The van der Waals surface area contributed by atoms with Crippen LogP contribution in [0, 0.1) is 5.82 Å². The number of halogens is 1. The fourth-order valence-corrected chi connectivity index (χ4v) is 2.19. The van der Waals surface area contributed by atoms with Crippen LogP contribution in [0.5, 0.6) is 0 Å². The van der Waals surface area contributed by atoms with Crippen molar-refractivity contribution in [2.24, 2.45) is 0 Å². The van der Waals surface area contributed by atoms with E-state index in [-0.39, 0.29) is 11.9 Å². The molecule has 0 spiro atoms. The molecule has 1 aliphatic rings. The molecule has 1 N–H and O–H groups in total. The maximum atomic E-state index is 13.6. The SMILES string of the molecule is Fc1ccccc1-c1noc([C@H]2CCCCN2)n1. The lowest BCUT2D eigenvalue weighted by Gasteiger charge is -2.19. The highest BCUT2D eigenvalue weighted by atomic mass is 19.1. The molecule has 5 heteroatoms. The number of nitrogens with zero attached hydrogens (tertiary/aromatic N) is 2. The van der Waals surface area contributed by atoms with E-state index in [1.807, 2.05) is 0 Å². The van der Waals surface area contributed by atoms with Gasteiger partial charge in [-0.3, -0.25) is 0 Å². The van der Waals surface area contributed by atoms with Crippen LogP contribution in [-0.2, 0) is 0 Å². The molecule has 1 saturated heterocycles. The average molecular weight is 247 g/mol. The van der Waals surface area contributed by atoms with Crippen molar-refractivity contribution in [2.45, 2.75) is 25.3 Å². The zero-order chi connectivity index (χ0) is 12.4. The summed E-state index contributed by atoms with van der Waals surface area (Å²) in [5, 5.41) is 7.18. The Morgan fingerprint density at radius 3 is 2.94 bits per heavy atom. The standard InChI is InChI=1S/C13H14FN3O/c14-10-6-2-1-5-9(10)12-16-13(18-17-12)11-7-3-4-8-15-11/h1-2,5-6,11,15H,3-4,7-8H2/t11-/m1/s1. The largest absolute Gasteiger partial charge is 0.337 e. The van der Waals surface area contributed by atoms with Crippen molar-refractivity contribution in [1.29, 1.82) is 0 Å². The molecule has 1 aromatic carbocycles. The van der Waals surface area contributed by atoms with Crippen LogP contribution < -0.4 is 5.32 Å². The highest BCUT2D eigenvalue weighted by molar-refractivity contribution is 5.54. The first-order valence-electron chi connectivity index (χ1n) is 6.16. The van der Waals surface area contributed by atoms with Gasteiger partial charge < -0.3 is 9.84 Å². The van der Waals surface area contributed by atoms with Gasteiger partial charge in [0.2, 0.25) is 11.7 Å². The van der Waals surface area contributed by atoms with E-state index in [0.29, 0.717) is 17.3 Å². The van der Waals surface area contributed by atoms with E-state index in [4.69, 9.17) is 4.52 Å². The molecule has 0 radical (unpaired) electrons. The second-order valence-electron chi connectivity index (χ2n) is 4.44. The first-order chi connectivity index (χ1) is 8.84. The molecule has 0 amide bonds. The molecule has 0 unspecified atom stereocenters. The third-order valence-electron chi connectivity index (χ3n) is 3.16. The number of nitrogens with one attached hydrogen (secondary N) is 1.